The quantitative estimate of drug-likeness (QED) is 0.267. The molecule has 0 bridgehead atoms. The molecule has 25 heavy (non-hydrogen) atoms. The van der Waals surface area contributed by atoms with E-state index in [2.05, 4.69) is 27.4 Å². The summed E-state index contributed by atoms with van der Waals surface area (Å²) in [4.78, 5) is 7.44. The van der Waals surface area contributed by atoms with Gasteiger partial charge in [-0.25, -0.2) is 5.43 Å². The summed E-state index contributed by atoms with van der Waals surface area (Å²) in [6.07, 6.45) is 6.97. The van der Waals surface area contributed by atoms with Gasteiger partial charge < -0.3 is 20.2 Å². The maximum atomic E-state index is 5.79. The number of nitrogens with two attached hydrogens (primary N) is 1. The van der Waals surface area contributed by atoms with Crippen molar-refractivity contribution in [2.75, 3.05) is 26.9 Å². The Morgan fingerprint density at radius 2 is 2.20 bits per heavy atom. The highest BCUT2D eigenvalue weighted by molar-refractivity contribution is 5.99. The highest BCUT2D eigenvalue weighted by atomic mass is 16.5. The number of methoxy groups -OCH3 is 1. The molecule has 0 aliphatic heterocycles. The van der Waals surface area contributed by atoms with Crippen LogP contribution in [0.1, 0.15) is 31.7 Å². The molecule has 1 aromatic carbocycles. The molecule has 4 N–H and O–H groups in total. The van der Waals surface area contributed by atoms with Crippen molar-refractivity contribution in [1.29, 1.82) is 0 Å². The molecule has 136 valence electrons. The molecule has 0 unspecified atom stereocenters. The Bertz CT molecular complexity index is 709. The van der Waals surface area contributed by atoms with Gasteiger partial charge in [-0.2, -0.15) is 5.10 Å². The SMILES string of the molecule is CCCCCN=C(N)N/N=C/c1c[nH]c2ccc(OCCOC)cc12. The van der Waals surface area contributed by atoms with Crippen LogP contribution in [0.25, 0.3) is 10.9 Å². The number of hydrazone groups is 1. The molecule has 1 heterocycles. The lowest BCUT2D eigenvalue weighted by molar-refractivity contribution is 0.146. The highest BCUT2D eigenvalue weighted by Gasteiger charge is 2.04. The number of H-pyrrole nitrogens is 1. The second-order valence-corrected chi connectivity index (χ2v) is 5.64. The molecule has 0 aliphatic rings. The Morgan fingerprint density at radius 3 is 3.00 bits per heavy atom. The minimum atomic E-state index is 0.329. The summed E-state index contributed by atoms with van der Waals surface area (Å²) >= 11 is 0. The zero-order chi connectivity index (χ0) is 17.9. The van der Waals surface area contributed by atoms with Crippen molar-refractivity contribution < 1.29 is 9.47 Å². The van der Waals surface area contributed by atoms with E-state index < -0.39 is 0 Å². The van der Waals surface area contributed by atoms with Crippen LogP contribution in [0.3, 0.4) is 0 Å². The first kappa shape index (κ1) is 18.8. The van der Waals surface area contributed by atoms with Gasteiger partial charge in [0, 0.05) is 36.3 Å². The fourth-order valence-electron chi connectivity index (χ4n) is 2.33. The van der Waals surface area contributed by atoms with Gasteiger partial charge in [0.15, 0.2) is 0 Å². The van der Waals surface area contributed by atoms with Crippen molar-refractivity contribution in [3.8, 4) is 5.75 Å². The predicted molar refractivity (Wildman–Crippen MR) is 102 cm³/mol. The largest absolute Gasteiger partial charge is 0.491 e. The third kappa shape index (κ3) is 6.11. The molecule has 0 fully saturated rings. The number of ether oxygens (including phenoxy) is 2. The van der Waals surface area contributed by atoms with E-state index in [0.29, 0.717) is 19.2 Å². The van der Waals surface area contributed by atoms with Crippen LogP contribution in [0, 0.1) is 0 Å². The third-order valence-electron chi connectivity index (χ3n) is 3.67. The second kappa shape index (κ2) is 10.4. The van der Waals surface area contributed by atoms with Crippen LogP contribution < -0.4 is 15.9 Å². The number of rotatable bonds is 10. The first-order valence-electron chi connectivity index (χ1n) is 8.56. The number of benzene rings is 1. The average molecular weight is 345 g/mol. The zero-order valence-corrected chi connectivity index (χ0v) is 14.9. The summed E-state index contributed by atoms with van der Waals surface area (Å²) in [5.74, 6) is 1.12. The molecule has 2 aromatic rings. The fourth-order valence-corrected chi connectivity index (χ4v) is 2.33. The van der Waals surface area contributed by atoms with E-state index in [9.17, 15) is 0 Å². The first-order chi connectivity index (χ1) is 12.2. The van der Waals surface area contributed by atoms with Crippen LogP contribution in [0.2, 0.25) is 0 Å². The Hall–Kier alpha value is -2.54. The Labute approximate surface area is 148 Å². The number of aliphatic imine (C=N–C) groups is 1. The van der Waals surface area contributed by atoms with Gasteiger partial charge in [-0.1, -0.05) is 19.8 Å². The van der Waals surface area contributed by atoms with Crippen LogP contribution in [0.4, 0.5) is 0 Å². The van der Waals surface area contributed by atoms with Crippen LogP contribution in [0.5, 0.6) is 5.75 Å². The minimum absolute atomic E-state index is 0.329. The fraction of sp³-hybridized carbons (Fsp3) is 0.444. The number of nitrogens with one attached hydrogen (secondary N) is 2. The van der Waals surface area contributed by atoms with E-state index in [1.807, 2.05) is 24.4 Å². The average Bonchev–Trinajstić information content (AvgIpc) is 3.01. The van der Waals surface area contributed by atoms with Gasteiger partial charge in [0.05, 0.1) is 12.8 Å². The monoisotopic (exact) mass is 345 g/mol. The van der Waals surface area contributed by atoms with Crippen molar-refractivity contribution in [1.82, 2.24) is 10.4 Å². The van der Waals surface area contributed by atoms with Crippen LogP contribution in [0.15, 0.2) is 34.5 Å². The molecule has 7 nitrogen and oxygen atoms in total. The third-order valence-corrected chi connectivity index (χ3v) is 3.67. The van der Waals surface area contributed by atoms with Gasteiger partial charge in [-0.15, -0.1) is 0 Å². The van der Waals surface area contributed by atoms with Gasteiger partial charge >= 0.3 is 0 Å². The second-order valence-electron chi connectivity index (χ2n) is 5.64. The number of aromatic amines is 1. The van der Waals surface area contributed by atoms with Crippen molar-refractivity contribution in [2.45, 2.75) is 26.2 Å². The van der Waals surface area contributed by atoms with E-state index in [4.69, 9.17) is 15.2 Å². The lowest BCUT2D eigenvalue weighted by atomic mass is 10.2. The summed E-state index contributed by atoms with van der Waals surface area (Å²) in [6.45, 7) is 3.95. The number of nitrogens with zero attached hydrogens (tertiary/aromatic N) is 2. The Balaban J connectivity index is 1.96. The first-order valence-corrected chi connectivity index (χ1v) is 8.56. The Morgan fingerprint density at radius 1 is 1.32 bits per heavy atom. The molecular formula is C18H27N5O2. The van der Waals surface area contributed by atoms with Crippen molar-refractivity contribution in [3.63, 3.8) is 0 Å². The molecule has 0 aliphatic carbocycles. The number of hydrogen-bond donors (Lipinski definition) is 3. The number of unbranched alkanes of at least 4 members (excludes halogenated alkanes) is 2. The topological polar surface area (TPSA) is 97.0 Å². The molecule has 0 amide bonds. The van der Waals surface area contributed by atoms with Gasteiger partial charge in [0.1, 0.15) is 12.4 Å². The molecule has 2 rings (SSSR count). The van der Waals surface area contributed by atoms with Gasteiger partial charge in [0.25, 0.3) is 0 Å². The van der Waals surface area contributed by atoms with Crippen LogP contribution >= 0.6 is 0 Å². The highest BCUT2D eigenvalue weighted by Crippen LogP contribution is 2.22. The van der Waals surface area contributed by atoms with Crippen LogP contribution in [-0.2, 0) is 4.74 Å². The normalized spacial score (nSPS) is 12.2. The van der Waals surface area contributed by atoms with Crippen molar-refractivity contribution in [2.24, 2.45) is 15.8 Å². The van der Waals surface area contributed by atoms with Crippen molar-refractivity contribution >= 4 is 23.1 Å². The minimum Gasteiger partial charge on any atom is -0.491 e. The number of fused-ring (bicyclic) bond motifs is 1. The van der Waals surface area contributed by atoms with E-state index in [0.717, 1.165) is 41.6 Å². The van der Waals surface area contributed by atoms with E-state index in [1.165, 1.54) is 6.42 Å². The summed E-state index contributed by atoms with van der Waals surface area (Å²) in [5, 5.41) is 5.18. The molecule has 0 saturated carbocycles. The lowest BCUT2D eigenvalue weighted by Gasteiger charge is -2.05. The molecule has 0 atom stereocenters. The summed E-state index contributed by atoms with van der Waals surface area (Å²) in [7, 11) is 1.65. The van der Waals surface area contributed by atoms with E-state index in [1.54, 1.807) is 13.3 Å². The molecular weight excluding hydrogens is 318 g/mol. The number of aromatic nitrogens is 1. The Kier molecular flexibility index (Phi) is 7.78. The molecule has 0 radical (unpaired) electrons. The molecule has 7 heteroatoms. The van der Waals surface area contributed by atoms with Gasteiger partial charge in [-0.05, 0) is 24.6 Å². The lowest BCUT2D eigenvalue weighted by Crippen LogP contribution is -2.27. The maximum Gasteiger partial charge on any atom is 0.209 e. The smallest absolute Gasteiger partial charge is 0.209 e. The van der Waals surface area contributed by atoms with Gasteiger partial charge in [-0.3, -0.25) is 4.99 Å². The molecule has 0 spiro atoms. The summed E-state index contributed by atoms with van der Waals surface area (Å²) < 4.78 is 10.6. The molecule has 1 aromatic heterocycles. The van der Waals surface area contributed by atoms with Crippen LogP contribution in [-0.4, -0.2) is 44.0 Å². The zero-order valence-electron chi connectivity index (χ0n) is 14.9. The standard InChI is InChI=1S/C18H27N5O2/c1-3-4-5-8-20-18(19)23-22-13-14-12-21-17-7-6-15(11-16(14)17)25-10-9-24-2/h6-7,11-13,21H,3-5,8-10H2,1-2H3,(H3,19,20,23)/b22-13+. The predicted octanol–water partition coefficient (Wildman–Crippen LogP) is 2.62. The summed E-state index contributed by atoms with van der Waals surface area (Å²) in [6, 6.07) is 5.88. The number of hydrogen-bond acceptors (Lipinski definition) is 4. The maximum absolute atomic E-state index is 5.79. The van der Waals surface area contributed by atoms with E-state index >= 15 is 0 Å². The number of guanidine groups is 1. The van der Waals surface area contributed by atoms with E-state index in [-0.39, 0.29) is 0 Å². The van der Waals surface area contributed by atoms with Crippen molar-refractivity contribution in [3.05, 3.63) is 30.0 Å². The van der Waals surface area contributed by atoms with Gasteiger partial charge in [0.2, 0.25) is 5.96 Å². The summed E-state index contributed by atoms with van der Waals surface area (Å²) in [5.41, 5.74) is 10.5. The molecule has 0 saturated heterocycles.